The molecule has 0 nitrogen and oxygen atoms in total. The van der Waals surface area contributed by atoms with Gasteiger partial charge in [-0.2, -0.15) is 0 Å². The lowest BCUT2D eigenvalue weighted by Gasteiger charge is -2.05. The minimum absolute atomic E-state index is 1.08. The maximum atomic E-state index is 2.30. The normalized spacial score (nSPS) is 10.6. The highest BCUT2D eigenvalue weighted by Gasteiger charge is 2.02. The van der Waals surface area contributed by atoms with Crippen molar-refractivity contribution in [3.63, 3.8) is 0 Å². The molecule has 0 N–H and O–H groups in total. The SMILES string of the molecule is Cc1ccc(C)c(Cc2ccc(C)s2)c1. The Kier molecular flexibility index (Phi) is 2.92. The van der Waals surface area contributed by atoms with Gasteiger partial charge in [-0.1, -0.05) is 23.8 Å². The maximum Gasteiger partial charge on any atom is 0.00919 e. The fourth-order valence-corrected chi connectivity index (χ4v) is 2.67. The summed E-state index contributed by atoms with van der Waals surface area (Å²) in [6, 6.07) is 11.1. The molecule has 0 unspecified atom stereocenters. The van der Waals surface area contributed by atoms with Crippen LogP contribution in [0.1, 0.15) is 26.4 Å². The van der Waals surface area contributed by atoms with Gasteiger partial charge < -0.3 is 0 Å². The van der Waals surface area contributed by atoms with Crippen LogP contribution in [0.5, 0.6) is 0 Å². The Hall–Kier alpha value is -1.08. The summed E-state index contributed by atoms with van der Waals surface area (Å²) >= 11 is 1.90. The van der Waals surface area contributed by atoms with Crippen molar-refractivity contribution < 1.29 is 0 Å². The summed E-state index contributed by atoms with van der Waals surface area (Å²) in [5.74, 6) is 0. The van der Waals surface area contributed by atoms with Gasteiger partial charge in [-0.05, 0) is 44.0 Å². The van der Waals surface area contributed by atoms with Crippen LogP contribution in [0.3, 0.4) is 0 Å². The van der Waals surface area contributed by atoms with E-state index < -0.39 is 0 Å². The summed E-state index contributed by atoms with van der Waals surface area (Å²) in [4.78, 5) is 2.86. The standard InChI is InChI=1S/C14H16S/c1-10-4-5-11(2)13(8-10)9-14-7-6-12(3)15-14/h4-8H,9H2,1-3H3. The van der Waals surface area contributed by atoms with Gasteiger partial charge in [-0.15, -0.1) is 11.3 Å². The van der Waals surface area contributed by atoms with E-state index in [1.807, 2.05) is 11.3 Å². The Morgan fingerprint density at radius 2 is 1.80 bits per heavy atom. The summed E-state index contributed by atoms with van der Waals surface area (Å²) in [7, 11) is 0. The molecule has 0 fully saturated rings. The summed E-state index contributed by atoms with van der Waals surface area (Å²) in [5, 5.41) is 0. The van der Waals surface area contributed by atoms with Crippen molar-refractivity contribution in [1.82, 2.24) is 0 Å². The molecule has 0 bridgehead atoms. The van der Waals surface area contributed by atoms with E-state index in [2.05, 4.69) is 51.1 Å². The smallest absolute Gasteiger partial charge is 0.00919 e. The van der Waals surface area contributed by atoms with Crippen molar-refractivity contribution in [2.45, 2.75) is 27.2 Å². The third-order valence-corrected chi connectivity index (χ3v) is 3.67. The average molecular weight is 216 g/mol. The fraction of sp³-hybridized carbons (Fsp3) is 0.286. The van der Waals surface area contributed by atoms with Crippen LogP contribution in [0.4, 0.5) is 0 Å². The third kappa shape index (κ3) is 2.48. The summed E-state index contributed by atoms with van der Waals surface area (Å²) in [5.41, 5.74) is 4.20. The van der Waals surface area contributed by atoms with Gasteiger partial charge in [0, 0.05) is 16.2 Å². The Bertz CT molecular complexity index is 466. The molecule has 78 valence electrons. The molecule has 1 heterocycles. The quantitative estimate of drug-likeness (QED) is 0.703. The molecule has 1 aromatic carbocycles. The zero-order valence-electron chi connectivity index (χ0n) is 9.50. The monoisotopic (exact) mass is 216 g/mol. The van der Waals surface area contributed by atoms with Gasteiger partial charge in [-0.25, -0.2) is 0 Å². The lowest BCUT2D eigenvalue weighted by Crippen LogP contribution is -1.90. The van der Waals surface area contributed by atoms with Crippen molar-refractivity contribution in [1.29, 1.82) is 0 Å². The highest BCUT2D eigenvalue weighted by atomic mass is 32.1. The molecule has 0 amide bonds. The number of aryl methyl sites for hydroxylation is 3. The Balaban J connectivity index is 2.27. The van der Waals surface area contributed by atoms with Crippen LogP contribution in [-0.4, -0.2) is 0 Å². The van der Waals surface area contributed by atoms with Crippen molar-refractivity contribution >= 4 is 11.3 Å². The fourth-order valence-electron chi connectivity index (χ4n) is 1.76. The lowest BCUT2D eigenvalue weighted by molar-refractivity contribution is 1.18. The highest BCUT2D eigenvalue weighted by Crippen LogP contribution is 2.21. The summed E-state index contributed by atoms with van der Waals surface area (Å²) in [6.07, 6.45) is 1.08. The average Bonchev–Trinajstić information content (AvgIpc) is 2.58. The van der Waals surface area contributed by atoms with Gasteiger partial charge in [0.25, 0.3) is 0 Å². The maximum absolute atomic E-state index is 2.30. The number of rotatable bonds is 2. The van der Waals surface area contributed by atoms with E-state index in [-0.39, 0.29) is 0 Å². The molecule has 0 spiro atoms. The van der Waals surface area contributed by atoms with E-state index in [1.54, 1.807) is 0 Å². The first-order valence-electron chi connectivity index (χ1n) is 5.26. The Morgan fingerprint density at radius 1 is 1.00 bits per heavy atom. The van der Waals surface area contributed by atoms with Crippen LogP contribution in [0, 0.1) is 20.8 Å². The third-order valence-electron chi connectivity index (χ3n) is 2.67. The molecule has 15 heavy (non-hydrogen) atoms. The minimum Gasteiger partial charge on any atom is -0.145 e. The van der Waals surface area contributed by atoms with Crippen molar-refractivity contribution in [3.8, 4) is 0 Å². The second-order valence-corrected chi connectivity index (χ2v) is 5.49. The van der Waals surface area contributed by atoms with E-state index >= 15 is 0 Å². The summed E-state index contributed by atoms with van der Waals surface area (Å²) in [6.45, 7) is 6.51. The van der Waals surface area contributed by atoms with E-state index in [0.717, 1.165) is 6.42 Å². The van der Waals surface area contributed by atoms with Gasteiger partial charge in [0.1, 0.15) is 0 Å². The first-order chi connectivity index (χ1) is 7.15. The molecule has 1 heteroatoms. The zero-order chi connectivity index (χ0) is 10.8. The van der Waals surface area contributed by atoms with E-state index in [9.17, 15) is 0 Å². The number of thiophene rings is 1. The van der Waals surface area contributed by atoms with Crippen LogP contribution in [0.2, 0.25) is 0 Å². The van der Waals surface area contributed by atoms with Crippen molar-refractivity contribution in [3.05, 3.63) is 56.8 Å². The van der Waals surface area contributed by atoms with Crippen LogP contribution < -0.4 is 0 Å². The van der Waals surface area contributed by atoms with Crippen molar-refractivity contribution in [2.24, 2.45) is 0 Å². The topological polar surface area (TPSA) is 0 Å². The molecule has 2 rings (SSSR count). The largest absolute Gasteiger partial charge is 0.145 e. The molecule has 2 aromatic rings. The van der Waals surface area contributed by atoms with E-state index in [1.165, 1.54) is 26.4 Å². The van der Waals surface area contributed by atoms with Gasteiger partial charge >= 0.3 is 0 Å². The first kappa shape index (κ1) is 10.4. The molecule has 0 radical (unpaired) electrons. The lowest BCUT2D eigenvalue weighted by atomic mass is 10.0. The van der Waals surface area contributed by atoms with E-state index in [0.29, 0.717) is 0 Å². The number of hydrogen-bond donors (Lipinski definition) is 0. The highest BCUT2D eigenvalue weighted by molar-refractivity contribution is 7.11. The molecule has 0 saturated heterocycles. The van der Waals surface area contributed by atoms with Crippen molar-refractivity contribution in [2.75, 3.05) is 0 Å². The van der Waals surface area contributed by atoms with Crippen LogP contribution in [-0.2, 0) is 6.42 Å². The molecular formula is C14H16S. The van der Waals surface area contributed by atoms with Crippen LogP contribution in [0.15, 0.2) is 30.3 Å². The van der Waals surface area contributed by atoms with Crippen LogP contribution >= 0.6 is 11.3 Å². The second-order valence-electron chi connectivity index (χ2n) is 4.12. The summed E-state index contributed by atoms with van der Waals surface area (Å²) < 4.78 is 0. The Morgan fingerprint density at radius 3 is 2.47 bits per heavy atom. The molecule has 0 saturated carbocycles. The molecular weight excluding hydrogens is 200 g/mol. The first-order valence-corrected chi connectivity index (χ1v) is 6.08. The molecule has 0 atom stereocenters. The van der Waals surface area contributed by atoms with Gasteiger partial charge in [0.2, 0.25) is 0 Å². The van der Waals surface area contributed by atoms with E-state index in [4.69, 9.17) is 0 Å². The van der Waals surface area contributed by atoms with Gasteiger partial charge in [-0.3, -0.25) is 0 Å². The predicted molar refractivity (Wildman–Crippen MR) is 67.8 cm³/mol. The molecule has 0 aliphatic rings. The van der Waals surface area contributed by atoms with Gasteiger partial charge in [0.05, 0.1) is 0 Å². The Labute approximate surface area is 95.6 Å². The molecule has 1 aromatic heterocycles. The minimum atomic E-state index is 1.08. The number of benzene rings is 1. The zero-order valence-corrected chi connectivity index (χ0v) is 10.3. The molecule has 0 aliphatic carbocycles. The second kappa shape index (κ2) is 4.19. The molecule has 0 aliphatic heterocycles. The van der Waals surface area contributed by atoms with Gasteiger partial charge in [0.15, 0.2) is 0 Å². The van der Waals surface area contributed by atoms with Crippen LogP contribution in [0.25, 0.3) is 0 Å². The number of hydrogen-bond acceptors (Lipinski definition) is 1. The predicted octanol–water partition coefficient (Wildman–Crippen LogP) is 4.26.